The Bertz CT molecular complexity index is 555. The molecule has 2 atom stereocenters. The monoisotopic (exact) mass is 260 g/mol. The van der Waals surface area contributed by atoms with Gasteiger partial charge in [-0.15, -0.1) is 0 Å². The first-order valence-corrected chi connectivity index (χ1v) is 5.35. The van der Waals surface area contributed by atoms with Gasteiger partial charge in [-0.2, -0.15) is 15.8 Å². The Morgan fingerprint density at radius 2 is 2.05 bits per heavy atom. The van der Waals surface area contributed by atoms with Crippen molar-refractivity contribution < 1.29 is 14.6 Å². The highest BCUT2D eigenvalue weighted by atomic mass is 16.7. The lowest BCUT2D eigenvalue weighted by Gasteiger charge is -2.27. The van der Waals surface area contributed by atoms with Gasteiger partial charge in [0.15, 0.2) is 0 Å². The van der Waals surface area contributed by atoms with Gasteiger partial charge in [-0.25, -0.2) is 0 Å². The van der Waals surface area contributed by atoms with Gasteiger partial charge in [-0.3, -0.25) is 0 Å². The number of nitrogens with zero attached hydrogens (tertiary/aromatic N) is 3. The average molecular weight is 260 g/mol. The predicted molar refractivity (Wildman–Crippen MR) is 62.2 cm³/mol. The Morgan fingerprint density at radius 3 is 2.47 bits per heavy atom. The standard InChI is InChI=1S/C12H12N4O3/c1-7(17)6-18-12(2)10(8(3-13)4-14)9(5-15)11(16)19-12/h7,17H,6,16H2,1-2H3. The van der Waals surface area contributed by atoms with E-state index in [1.54, 1.807) is 18.2 Å². The maximum absolute atomic E-state index is 9.22. The van der Waals surface area contributed by atoms with E-state index in [4.69, 9.17) is 31.0 Å². The Labute approximate surface area is 110 Å². The Morgan fingerprint density at radius 1 is 1.47 bits per heavy atom. The lowest BCUT2D eigenvalue weighted by Crippen LogP contribution is -2.34. The normalized spacial score (nSPS) is 23.1. The van der Waals surface area contributed by atoms with Crippen LogP contribution in [0.2, 0.25) is 0 Å². The molecule has 0 aliphatic carbocycles. The molecule has 0 saturated carbocycles. The lowest BCUT2D eigenvalue weighted by atomic mass is 9.97. The summed E-state index contributed by atoms with van der Waals surface area (Å²) >= 11 is 0. The highest BCUT2D eigenvalue weighted by Crippen LogP contribution is 2.39. The van der Waals surface area contributed by atoms with Crippen LogP contribution in [0.25, 0.3) is 0 Å². The zero-order valence-corrected chi connectivity index (χ0v) is 10.5. The molecule has 0 saturated heterocycles. The molecule has 7 heteroatoms. The van der Waals surface area contributed by atoms with E-state index in [1.165, 1.54) is 13.8 Å². The molecule has 3 N–H and O–H groups in total. The summed E-state index contributed by atoms with van der Waals surface area (Å²) in [6.45, 7) is 2.83. The number of aliphatic hydroxyl groups is 1. The minimum atomic E-state index is -1.53. The number of ether oxygens (including phenoxy) is 2. The molecule has 1 aliphatic heterocycles. The van der Waals surface area contributed by atoms with E-state index in [1.807, 2.05) is 0 Å². The predicted octanol–water partition coefficient (Wildman–Crippen LogP) is 0.168. The van der Waals surface area contributed by atoms with Crippen LogP contribution in [0.15, 0.2) is 22.6 Å². The number of rotatable bonds is 3. The first-order chi connectivity index (χ1) is 8.89. The van der Waals surface area contributed by atoms with Crippen molar-refractivity contribution in [3.63, 3.8) is 0 Å². The fraction of sp³-hybridized carbons (Fsp3) is 0.417. The van der Waals surface area contributed by atoms with Crippen molar-refractivity contribution in [1.29, 1.82) is 15.8 Å². The number of hydrogen-bond acceptors (Lipinski definition) is 7. The largest absolute Gasteiger partial charge is 0.442 e. The summed E-state index contributed by atoms with van der Waals surface area (Å²) in [7, 11) is 0. The highest BCUT2D eigenvalue weighted by molar-refractivity contribution is 5.59. The van der Waals surface area contributed by atoms with Gasteiger partial charge >= 0.3 is 0 Å². The van der Waals surface area contributed by atoms with Crippen LogP contribution in [0.1, 0.15) is 13.8 Å². The third-order valence-electron chi connectivity index (χ3n) is 2.44. The summed E-state index contributed by atoms with van der Waals surface area (Å²) in [5, 5.41) is 36.1. The number of nitrogens with two attached hydrogens (primary N) is 1. The molecule has 0 spiro atoms. The number of nitriles is 3. The topological polar surface area (TPSA) is 136 Å². The minimum Gasteiger partial charge on any atom is -0.442 e. The van der Waals surface area contributed by atoms with E-state index in [2.05, 4.69) is 0 Å². The maximum Gasteiger partial charge on any atom is 0.239 e. The molecule has 1 rings (SSSR count). The van der Waals surface area contributed by atoms with E-state index in [9.17, 15) is 5.11 Å². The third kappa shape index (κ3) is 2.66. The van der Waals surface area contributed by atoms with Gasteiger partial charge in [0, 0.05) is 6.92 Å². The quantitative estimate of drug-likeness (QED) is 0.690. The molecule has 0 amide bonds. The zero-order chi connectivity index (χ0) is 14.6. The fourth-order valence-electron chi connectivity index (χ4n) is 1.64. The minimum absolute atomic E-state index is 0.0156. The molecule has 1 aliphatic rings. The van der Waals surface area contributed by atoms with Gasteiger partial charge in [0.05, 0.1) is 18.3 Å². The molecular formula is C12H12N4O3. The summed E-state index contributed by atoms with van der Waals surface area (Å²) in [5.74, 6) is -1.75. The first-order valence-electron chi connectivity index (χ1n) is 5.35. The van der Waals surface area contributed by atoms with Crippen LogP contribution >= 0.6 is 0 Å². The molecule has 98 valence electrons. The van der Waals surface area contributed by atoms with E-state index < -0.39 is 11.9 Å². The van der Waals surface area contributed by atoms with Crippen LogP contribution in [0, 0.1) is 34.0 Å². The molecule has 0 aromatic heterocycles. The average Bonchev–Trinajstić information content (AvgIpc) is 2.61. The van der Waals surface area contributed by atoms with Gasteiger partial charge in [0.25, 0.3) is 0 Å². The van der Waals surface area contributed by atoms with Crippen LogP contribution in [0.4, 0.5) is 0 Å². The molecule has 2 unspecified atom stereocenters. The van der Waals surface area contributed by atoms with Gasteiger partial charge in [-0.05, 0) is 6.92 Å². The smallest absolute Gasteiger partial charge is 0.239 e. The Hall–Kier alpha value is -2.53. The Kier molecular flexibility index (Phi) is 4.14. The van der Waals surface area contributed by atoms with E-state index in [0.29, 0.717) is 0 Å². The van der Waals surface area contributed by atoms with Crippen molar-refractivity contribution in [2.45, 2.75) is 25.7 Å². The van der Waals surface area contributed by atoms with Crippen LogP contribution in [0.3, 0.4) is 0 Å². The highest BCUT2D eigenvalue weighted by Gasteiger charge is 2.45. The first kappa shape index (κ1) is 14.5. The van der Waals surface area contributed by atoms with Crippen LogP contribution in [-0.2, 0) is 9.47 Å². The summed E-state index contributed by atoms with van der Waals surface area (Å²) in [6.07, 6.45) is -0.776. The summed E-state index contributed by atoms with van der Waals surface area (Å²) in [4.78, 5) is 0. The molecule has 0 aromatic carbocycles. The molecule has 0 fully saturated rings. The lowest BCUT2D eigenvalue weighted by molar-refractivity contribution is -0.178. The summed E-state index contributed by atoms with van der Waals surface area (Å²) < 4.78 is 10.6. The Balaban J connectivity index is 3.32. The van der Waals surface area contributed by atoms with Gasteiger partial charge in [0.1, 0.15) is 29.4 Å². The van der Waals surface area contributed by atoms with Crippen LogP contribution < -0.4 is 5.73 Å². The van der Waals surface area contributed by atoms with Gasteiger partial charge in [0.2, 0.25) is 11.7 Å². The second kappa shape index (κ2) is 5.41. The molecule has 0 bridgehead atoms. The summed E-state index contributed by atoms with van der Waals surface area (Å²) in [5.41, 5.74) is 5.11. The van der Waals surface area contributed by atoms with Gasteiger partial charge < -0.3 is 20.3 Å². The van der Waals surface area contributed by atoms with Crippen molar-refractivity contribution in [1.82, 2.24) is 0 Å². The SMILES string of the molecule is CC(O)COC1(C)OC(N)=C(C#N)C1=C(C#N)C#N. The maximum atomic E-state index is 9.22. The summed E-state index contributed by atoms with van der Waals surface area (Å²) in [6, 6.07) is 5.14. The van der Waals surface area contributed by atoms with Crippen molar-refractivity contribution >= 4 is 0 Å². The molecular weight excluding hydrogens is 248 g/mol. The van der Waals surface area contributed by atoms with Crippen LogP contribution in [-0.4, -0.2) is 23.6 Å². The molecule has 7 nitrogen and oxygen atoms in total. The molecule has 1 heterocycles. The van der Waals surface area contributed by atoms with E-state index in [-0.39, 0.29) is 29.2 Å². The molecule has 0 aromatic rings. The van der Waals surface area contributed by atoms with Crippen molar-refractivity contribution in [3.05, 3.63) is 22.6 Å². The number of aliphatic hydroxyl groups excluding tert-OH is 1. The number of hydrogen-bond donors (Lipinski definition) is 2. The molecule has 19 heavy (non-hydrogen) atoms. The van der Waals surface area contributed by atoms with Crippen molar-refractivity contribution in [3.8, 4) is 18.2 Å². The number of allylic oxidation sites excluding steroid dienone is 1. The third-order valence-corrected chi connectivity index (χ3v) is 2.44. The van der Waals surface area contributed by atoms with Crippen molar-refractivity contribution in [2.75, 3.05) is 6.61 Å². The molecule has 0 radical (unpaired) electrons. The second-order valence-corrected chi connectivity index (χ2v) is 4.03. The van der Waals surface area contributed by atoms with Crippen LogP contribution in [0.5, 0.6) is 0 Å². The second-order valence-electron chi connectivity index (χ2n) is 4.03. The van der Waals surface area contributed by atoms with E-state index in [0.717, 1.165) is 0 Å². The zero-order valence-electron chi connectivity index (χ0n) is 10.5. The van der Waals surface area contributed by atoms with E-state index >= 15 is 0 Å². The van der Waals surface area contributed by atoms with Gasteiger partial charge in [-0.1, -0.05) is 0 Å². The van der Waals surface area contributed by atoms with Crippen molar-refractivity contribution in [2.24, 2.45) is 5.73 Å². The fourth-order valence-corrected chi connectivity index (χ4v) is 1.64.